The summed E-state index contributed by atoms with van der Waals surface area (Å²) in [7, 11) is 0. The Balaban J connectivity index is 1.70. The zero-order valence-corrected chi connectivity index (χ0v) is 11.5. The normalized spacial score (nSPS) is 18.6. The van der Waals surface area contributed by atoms with E-state index in [1.165, 1.54) is 38.9 Å². The van der Waals surface area contributed by atoms with Gasteiger partial charge in [-0.25, -0.2) is 9.97 Å². The molecule has 0 aliphatic carbocycles. The van der Waals surface area contributed by atoms with E-state index in [4.69, 9.17) is 0 Å². The zero-order valence-electron chi connectivity index (χ0n) is 11.5. The first-order valence-corrected chi connectivity index (χ1v) is 6.99. The molecule has 0 radical (unpaired) electrons. The van der Waals surface area contributed by atoms with Crippen molar-refractivity contribution in [1.29, 1.82) is 0 Å². The lowest BCUT2D eigenvalue weighted by Gasteiger charge is -2.29. The molecule has 1 fully saturated rings. The SMILES string of the molecule is Cc1cnc(NCC(C)CN2CCCCC2)nc1. The van der Waals surface area contributed by atoms with Gasteiger partial charge in [-0.2, -0.15) is 0 Å². The minimum absolute atomic E-state index is 0.632. The average molecular weight is 248 g/mol. The Kier molecular flexibility index (Phi) is 4.93. The maximum atomic E-state index is 4.26. The maximum absolute atomic E-state index is 4.26. The molecule has 1 N–H and O–H groups in total. The van der Waals surface area contributed by atoms with Crippen molar-refractivity contribution in [3.05, 3.63) is 18.0 Å². The molecular formula is C14H24N4. The number of aromatic nitrogens is 2. The number of aryl methyl sites for hydroxylation is 1. The second kappa shape index (κ2) is 6.69. The lowest BCUT2D eigenvalue weighted by atomic mass is 10.1. The van der Waals surface area contributed by atoms with Crippen molar-refractivity contribution in [2.75, 3.05) is 31.5 Å². The van der Waals surface area contributed by atoms with Crippen LogP contribution in [0.3, 0.4) is 0 Å². The summed E-state index contributed by atoms with van der Waals surface area (Å²) in [6.07, 6.45) is 7.83. The third kappa shape index (κ3) is 4.26. The van der Waals surface area contributed by atoms with Crippen LogP contribution in [0.4, 0.5) is 5.95 Å². The molecule has 1 atom stereocenters. The summed E-state index contributed by atoms with van der Waals surface area (Å²) >= 11 is 0. The first kappa shape index (κ1) is 13.3. The van der Waals surface area contributed by atoms with E-state index in [1.807, 2.05) is 19.3 Å². The van der Waals surface area contributed by atoms with Crippen molar-refractivity contribution in [3.63, 3.8) is 0 Å². The minimum atomic E-state index is 0.632. The number of nitrogens with zero attached hydrogens (tertiary/aromatic N) is 3. The highest BCUT2D eigenvalue weighted by atomic mass is 15.1. The van der Waals surface area contributed by atoms with Crippen molar-refractivity contribution >= 4 is 5.95 Å². The van der Waals surface area contributed by atoms with Gasteiger partial charge in [0, 0.05) is 25.5 Å². The third-order valence-electron chi connectivity index (χ3n) is 3.41. The molecular weight excluding hydrogens is 224 g/mol. The van der Waals surface area contributed by atoms with Crippen LogP contribution in [0.15, 0.2) is 12.4 Å². The third-order valence-corrected chi connectivity index (χ3v) is 3.41. The van der Waals surface area contributed by atoms with Gasteiger partial charge in [0.05, 0.1) is 0 Å². The van der Waals surface area contributed by atoms with E-state index in [-0.39, 0.29) is 0 Å². The number of piperidine rings is 1. The summed E-state index contributed by atoms with van der Waals surface area (Å²) < 4.78 is 0. The van der Waals surface area contributed by atoms with Gasteiger partial charge in [0.2, 0.25) is 5.95 Å². The Morgan fingerprint density at radius 3 is 2.56 bits per heavy atom. The summed E-state index contributed by atoms with van der Waals surface area (Å²) in [5.41, 5.74) is 1.10. The van der Waals surface area contributed by atoms with Crippen LogP contribution in [0, 0.1) is 12.8 Å². The van der Waals surface area contributed by atoms with E-state index >= 15 is 0 Å². The second-order valence-corrected chi connectivity index (χ2v) is 5.43. The van der Waals surface area contributed by atoms with Gasteiger partial charge in [0.1, 0.15) is 0 Å². The van der Waals surface area contributed by atoms with Crippen LogP contribution in [0.2, 0.25) is 0 Å². The second-order valence-electron chi connectivity index (χ2n) is 5.43. The Bertz CT molecular complexity index is 343. The highest BCUT2D eigenvalue weighted by Crippen LogP contribution is 2.11. The van der Waals surface area contributed by atoms with E-state index in [0.717, 1.165) is 18.1 Å². The number of rotatable bonds is 5. The van der Waals surface area contributed by atoms with Gasteiger partial charge in [-0.05, 0) is 44.3 Å². The van der Waals surface area contributed by atoms with Crippen molar-refractivity contribution < 1.29 is 0 Å². The van der Waals surface area contributed by atoms with Crippen LogP contribution in [0.25, 0.3) is 0 Å². The predicted molar refractivity (Wildman–Crippen MR) is 74.7 cm³/mol. The van der Waals surface area contributed by atoms with E-state index in [2.05, 4.69) is 27.1 Å². The van der Waals surface area contributed by atoms with Crippen LogP contribution in [0.1, 0.15) is 31.7 Å². The predicted octanol–water partition coefficient (Wildman–Crippen LogP) is 2.32. The summed E-state index contributed by atoms with van der Waals surface area (Å²) in [5.74, 6) is 1.37. The fourth-order valence-corrected chi connectivity index (χ4v) is 2.40. The van der Waals surface area contributed by atoms with Crippen molar-refractivity contribution in [2.24, 2.45) is 5.92 Å². The Morgan fingerprint density at radius 2 is 1.89 bits per heavy atom. The summed E-state index contributed by atoms with van der Waals surface area (Å²) in [4.78, 5) is 11.1. The summed E-state index contributed by atoms with van der Waals surface area (Å²) in [6, 6.07) is 0. The smallest absolute Gasteiger partial charge is 0.222 e. The van der Waals surface area contributed by atoms with Crippen molar-refractivity contribution in [2.45, 2.75) is 33.1 Å². The molecule has 4 nitrogen and oxygen atoms in total. The number of hydrogen-bond donors (Lipinski definition) is 1. The van der Waals surface area contributed by atoms with E-state index < -0.39 is 0 Å². The van der Waals surface area contributed by atoms with Gasteiger partial charge in [-0.15, -0.1) is 0 Å². The molecule has 0 bridgehead atoms. The topological polar surface area (TPSA) is 41.1 Å². The molecule has 0 spiro atoms. The largest absolute Gasteiger partial charge is 0.354 e. The minimum Gasteiger partial charge on any atom is -0.354 e. The van der Waals surface area contributed by atoms with Gasteiger partial charge < -0.3 is 10.2 Å². The average Bonchev–Trinajstić information content (AvgIpc) is 2.39. The summed E-state index contributed by atoms with van der Waals surface area (Å²) in [6.45, 7) is 8.95. The van der Waals surface area contributed by atoms with Crippen molar-refractivity contribution in [3.8, 4) is 0 Å². The van der Waals surface area contributed by atoms with Crippen molar-refractivity contribution in [1.82, 2.24) is 14.9 Å². The lowest BCUT2D eigenvalue weighted by molar-refractivity contribution is 0.204. The van der Waals surface area contributed by atoms with Crippen LogP contribution in [-0.2, 0) is 0 Å². The number of hydrogen-bond acceptors (Lipinski definition) is 4. The molecule has 1 unspecified atom stereocenters. The highest BCUT2D eigenvalue weighted by Gasteiger charge is 2.13. The Morgan fingerprint density at radius 1 is 1.22 bits per heavy atom. The van der Waals surface area contributed by atoms with Gasteiger partial charge in [0.25, 0.3) is 0 Å². The van der Waals surface area contributed by atoms with Crippen LogP contribution in [-0.4, -0.2) is 41.0 Å². The molecule has 1 aliphatic heterocycles. The highest BCUT2D eigenvalue weighted by molar-refractivity contribution is 5.24. The maximum Gasteiger partial charge on any atom is 0.222 e. The van der Waals surface area contributed by atoms with Crippen LogP contribution >= 0.6 is 0 Å². The molecule has 1 saturated heterocycles. The molecule has 0 saturated carbocycles. The molecule has 100 valence electrons. The quantitative estimate of drug-likeness (QED) is 0.868. The molecule has 0 aromatic carbocycles. The number of anilines is 1. The van der Waals surface area contributed by atoms with Crippen LogP contribution in [0.5, 0.6) is 0 Å². The molecule has 2 rings (SSSR count). The molecule has 1 aromatic heterocycles. The monoisotopic (exact) mass is 248 g/mol. The first-order chi connectivity index (χ1) is 8.74. The molecule has 2 heterocycles. The number of nitrogens with one attached hydrogen (secondary N) is 1. The van der Waals surface area contributed by atoms with Gasteiger partial charge in [-0.1, -0.05) is 13.3 Å². The standard InChI is InChI=1S/C14H24N4/c1-12-8-15-14(16-9-12)17-10-13(2)11-18-6-4-3-5-7-18/h8-9,13H,3-7,10-11H2,1-2H3,(H,15,16,17). The fraction of sp³-hybridized carbons (Fsp3) is 0.714. The van der Waals surface area contributed by atoms with E-state index in [1.54, 1.807) is 0 Å². The summed E-state index contributed by atoms with van der Waals surface area (Å²) in [5, 5.41) is 3.31. The Labute approximate surface area is 110 Å². The molecule has 18 heavy (non-hydrogen) atoms. The van der Waals surface area contributed by atoms with Gasteiger partial charge >= 0.3 is 0 Å². The lowest BCUT2D eigenvalue weighted by Crippen LogP contribution is -2.35. The Hall–Kier alpha value is -1.16. The molecule has 4 heteroatoms. The fourth-order valence-electron chi connectivity index (χ4n) is 2.40. The number of likely N-dealkylation sites (tertiary alicyclic amines) is 1. The van der Waals surface area contributed by atoms with E-state index in [9.17, 15) is 0 Å². The molecule has 1 aliphatic rings. The zero-order chi connectivity index (χ0) is 12.8. The van der Waals surface area contributed by atoms with E-state index in [0.29, 0.717) is 5.92 Å². The molecule has 1 aromatic rings. The first-order valence-electron chi connectivity index (χ1n) is 6.99. The molecule has 0 amide bonds. The van der Waals surface area contributed by atoms with Gasteiger partial charge in [0.15, 0.2) is 0 Å². The van der Waals surface area contributed by atoms with Gasteiger partial charge in [-0.3, -0.25) is 0 Å². The van der Waals surface area contributed by atoms with Crippen LogP contribution < -0.4 is 5.32 Å².